The molecule has 0 N–H and O–H groups in total. The van der Waals surface area contributed by atoms with Gasteiger partial charge in [0.1, 0.15) is 17.2 Å². The molecule has 5 heterocycles. The number of furan rings is 1. The van der Waals surface area contributed by atoms with Gasteiger partial charge in [0.05, 0.1) is 23.6 Å². The van der Waals surface area contributed by atoms with Gasteiger partial charge in [-0.15, -0.1) is 0 Å². The summed E-state index contributed by atoms with van der Waals surface area (Å²) < 4.78 is 7.64. The van der Waals surface area contributed by atoms with Crippen LogP contribution in [0.5, 0.6) is 0 Å². The molecule has 168 valence electrons. The molecule has 3 aliphatic rings. The molecule has 7 heteroatoms. The van der Waals surface area contributed by atoms with E-state index < -0.39 is 0 Å². The predicted molar refractivity (Wildman–Crippen MR) is 123 cm³/mol. The number of aryl methyl sites for hydroxylation is 1. The van der Waals surface area contributed by atoms with E-state index in [0.29, 0.717) is 17.9 Å². The third-order valence-electron chi connectivity index (χ3n) is 7.32. The zero-order chi connectivity index (χ0) is 21.7. The van der Waals surface area contributed by atoms with E-state index in [1.54, 1.807) is 12.3 Å². The molecule has 3 fully saturated rings. The van der Waals surface area contributed by atoms with Crippen LogP contribution in [0.1, 0.15) is 53.5 Å². The Hall–Kier alpha value is -2.80. The number of rotatable bonds is 5. The molecular weight excluding hydrogens is 402 g/mol. The Kier molecular flexibility index (Phi) is 4.94. The minimum Gasteiger partial charge on any atom is -0.469 e. The number of aromatic nitrogens is 2. The number of amides is 1. The molecule has 0 spiro atoms. The van der Waals surface area contributed by atoms with Crippen LogP contribution < -0.4 is 4.90 Å². The van der Waals surface area contributed by atoms with Crippen molar-refractivity contribution >= 4 is 17.4 Å². The highest BCUT2D eigenvalue weighted by atomic mass is 16.3. The lowest BCUT2D eigenvalue weighted by Gasteiger charge is -2.40. The zero-order valence-corrected chi connectivity index (χ0v) is 18.7. The van der Waals surface area contributed by atoms with E-state index in [9.17, 15) is 4.79 Å². The van der Waals surface area contributed by atoms with Gasteiger partial charge in [-0.25, -0.2) is 4.98 Å². The third kappa shape index (κ3) is 3.58. The summed E-state index contributed by atoms with van der Waals surface area (Å²) in [5.74, 6) is 2.78. The van der Waals surface area contributed by atoms with E-state index in [0.717, 1.165) is 50.0 Å². The van der Waals surface area contributed by atoms with Crippen LogP contribution in [0, 0.1) is 12.8 Å². The molecule has 1 atom stereocenters. The first-order chi connectivity index (χ1) is 15.7. The molecule has 1 amide bonds. The van der Waals surface area contributed by atoms with Crippen molar-refractivity contribution < 1.29 is 9.21 Å². The monoisotopic (exact) mass is 433 g/mol. The van der Waals surface area contributed by atoms with Crippen LogP contribution in [0.3, 0.4) is 0 Å². The van der Waals surface area contributed by atoms with Crippen LogP contribution in [0.15, 0.2) is 41.1 Å². The zero-order valence-electron chi connectivity index (χ0n) is 18.7. The lowest BCUT2D eigenvalue weighted by Crippen LogP contribution is -2.51. The van der Waals surface area contributed by atoms with Crippen LogP contribution in [0.4, 0.5) is 5.82 Å². The van der Waals surface area contributed by atoms with E-state index in [1.165, 1.54) is 31.5 Å². The number of anilines is 1. The smallest absolute Gasteiger partial charge is 0.257 e. The fraction of sp³-hybridized carbons (Fsp3) is 0.520. The Balaban J connectivity index is 1.32. The van der Waals surface area contributed by atoms with Gasteiger partial charge >= 0.3 is 0 Å². The van der Waals surface area contributed by atoms with Crippen molar-refractivity contribution in [1.29, 1.82) is 0 Å². The Bertz CT molecular complexity index is 1120. The third-order valence-corrected chi connectivity index (χ3v) is 7.32. The summed E-state index contributed by atoms with van der Waals surface area (Å²) in [6.45, 7) is 7.47. The maximum Gasteiger partial charge on any atom is 0.257 e. The van der Waals surface area contributed by atoms with Crippen molar-refractivity contribution in [2.75, 3.05) is 44.2 Å². The fourth-order valence-electron chi connectivity index (χ4n) is 5.29. The predicted octanol–water partition coefficient (Wildman–Crippen LogP) is 3.75. The lowest BCUT2D eigenvalue weighted by atomic mass is 10.1. The quantitative estimate of drug-likeness (QED) is 0.614. The molecule has 0 radical (unpaired) electrons. The number of nitrogens with zero attached hydrogens (tertiary/aromatic N) is 5. The van der Waals surface area contributed by atoms with E-state index in [2.05, 4.69) is 38.6 Å². The molecule has 1 aliphatic carbocycles. The van der Waals surface area contributed by atoms with Crippen molar-refractivity contribution in [1.82, 2.24) is 19.2 Å². The second kappa shape index (κ2) is 7.96. The number of carbonyl (C=O) groups is 1. The van der Waals surface area contributed by atoms with Gasteiger partial charge in [-0.05, 0) is 56.7 Å². The second-order valence-corrected chi connectivity index (χ2v) is 9.57. The van der Waals surface area contributed by atoms with Crippen LogP contribution in [0.2, 0.25) is 0 Å². The van der Waals surface area contributed by atoms with Crippen LogP contribution in [-0.2, 0) is 0 Å². The van der Waals surface area contributed by atoms with Gasteiger partial charge in [-0.1, -0.05) is 6.07 Å². The van der Waals surface area contributed by atoms with E-state index in [4.69, 9.17) is 9.40 Å². The SMILES string of the molecule is Cc1occc1C(=O)N1CCN(CC2CC2)[C@@H](c2cn3c(N4CCCC4)cccc3n2)C1. The fourth-order valence-corrected chi connectivity index (χ4v) is 5.29. The second-order valence-electron chi connectivity index (χ2n) is 9.57. The molecule has 7 nitrogen and oxygen atoms in total. The highest BCUT2D eigenvalue weighted by molar-refractivity contribution is 5.95. The summed E-state index contributed by atoms with van der Waals surface area (Å²) in [5, 5.41) is 0. The van der Waals surface area contributed by atoms with Gasteiger partial charge in [-0.3, -0.25) is 14.1 Å². The number of hydrogen-bond acceptors (Lipinski definition) is 5. The molecule has 32 heavy (non-hydrogen) atoms. The number of piperazine rings is 1. The van der Waals surface area contributed by atoms with Crippen molar-refractivity contribution in [3.8, 4) is 0 Å². The first-order valence-corrected chi connectivity index (χ1v) is 12.0. The van der Waals surface area contributed by atoms with Crippen molar-refractivity contribution in [2.24, 2.45) is 5.92 Å². The van der Waals surface area contributed by atoms with Gasteiger partial charge in [0.2, 0.25) is 0 Å². The molecule has 0 unspecified atom stereocenters. The highest BCUT2D eigenvalue weighted by Gasteiger charge is 2.36. The number of hydrogen-bond donors (Lipinski definition) is 0. The van der Waals surface area contributed by atoms with Crippen LogP contribution >= 0.6 is 0 Å². The molecule has 2 saturated heterocycles. The standard InChI is InChI=1S/C25H31N5O2/c1-18-20(9-14-32-18)25(31)29-13-12-28(15-19-7-8-19)22(17-29)21-16-30-23(26-21)5-4-6-24(30)27-10-2-3-11-27/h4-6,9,14,16,19,22H,2-3,7-8,10-13,15,17H2,1H3/t22-/m1/s1. The summed E-state index contributed by atoms with van der Waals surface area (Å²) in [6, 6.07) is 8.31. The van der Waals surface area contributed by atoms with Gasteiger partial charge in [0.15, 0.2) is 0 Å². The molecule has 2 aliphatic heterocycles. The first kappa shape index (κ1) is 19.9. The normalized spacial score (nSPS) is 22.2. The maximum absolute atomic E-state index is 13.2. The van der Waals surface area contributed by atoms with Crippen molar-refractivity contribution in [3.63, 3.8) is 0 Å². The minimum atomic E-state index is 0.0637. The Labute approximate surface area is 188 Å². The average Bonchev–Trinajstić information content (AvgIpc) is 3.21. The highest BCUT2D eigenvalue weighted by Crippen LogP contribution is 2.35. The number of carbonyl (C=O) groups excluding carboxylic acids is 1. The summed E-state index contributed by atoms with van der Waals surface area (Å²) in [5.41, 5.74) is 2.73. The van der Waals surface area contributed by atoms with Gasteiger partial charge in [0, 0.05) is 45.5 Å². The van der Waals surface area contributed by atoms with Gasteiger partial charge in [0.25, 0.3) is 5.91 Å². The van der Waals surface area contributed by atoms with Crippen molar-refractivity contribution in [2.45, 2.75) is 38.6 Å². The summed E-state index contributed by atoms with van der Waals surface area (Å²) in [6.07, 6.45) is 8.96. The molecule has 6 rings (SSSR count). The van der Waals surface area contributed by atoms with Crippen LogP contribution in [-0.4, -0.2) is 64.4 Å². The molecular formula is C25H31N5O2. The van der Waals surface area contributed by atoms with Crippen molar-refractivity contribution in [3.05, 3.63) is 53.7 Å². The summed E-state index contributed by atoms with van der Waals surface area (Å²) in [4.78, 5) is 25.3. The van der Waals surface area contributed by atoms with E-state index >= 15 is 0 Å². The average molecular weight is 434 g/mol. The molecule has 0 bridgehead atoms. The van der Waals surface area contributed by atoms with Gasteiger partial charge in [-0.2, -0.15) is 0 Å². The lowest BCUT2D eigenvalue weighted by molar-refractivity contribution is 0.0457. The summed E-state index contributed by atoms with van der Waals surface area (Å²) >= 11 is 0. The molecule has 3 aromatic rings. The largest absolute Gasteiger partial charge is 0.469 e. The van der Waals surface area contributed by atoms with E-state index in [-0.39, 0.29) is 11.9 Å². The first-order valence-electron chi connectivity index (χ1n) is 12.0. The Morgan fingerprint density at radius 1 is 1.12 bits per heavy atom. The van der Waals surface area contributed by atoms with E-state index in [1.807, 2.05) is 11.8 Å². The Morgan fingerprint density at radius 3 is 2.72 bits per heavy atom. The number of pyridine rings is 1. The summed E-state index contributed by atoms with van der Waals surface area (Å²) in [7, 11) is 0. The van der Waals surface area contributed by atoms with Gasteiger partial charge < -0.3 is 14.2 Å². The Morgan fingerprint density at radius 2 is 1.97 bits per heavy atom. The van der Waals surface area contributed by atoms with Crippen LogP contribution in [0.25, 0.3) is 5.65 Å². The minimum absolute atomic E-state index is 0.0637. The molecule has 3 aromatic heterocycles. The molecule has 1 saturated carbocycles. The topological polar surface area (TPSA) is 57.2 Å². The number of imidazole rings is 1. The maximum atomic E-state index is 13.2. The number of fused-ring (bicyclic) bond motifs is 1. The molecule has 0 aromatic carbocycles.